The van der Waals surface area contributed by atoms with E-state index in [1.807, 2.05) is 69.3 Å². The van der Waals surface area contributed by atoms with E-state index in [0.29, 0.717) is 35.2 Å². The molecule has 3 aromatic heterocycles. The monoisotopic (exact) mass is 556 g/mol. The first-order chi connectivity index (χ1) is 20.4. The molecule has 0 radical (unpaired) electrons. The molecule has 5 rings (SSSR count). The highest BCUT2D eigenvalue weighted by Gasteiger charge is 2.23. The number of unbranched alkanes of at least 4 members (excludes halogenated alkanes) is 1. The van der Waals surface area contributed by atoms with Crippen molar-refractivity contribution in [1.29, 1.82) is 0 Å². The quantitative estimate of drug-likeness (QED) is 0.261. The molecular weight excluding hydrogens is 520 g/mol. The first kappa shape index (κ1) is 25.4. The minimum atomic E-state index is -2.34. The van der Waals surface area contributed by atoms with Gasteiger partial charge in [-0.1, -0.05) is 93.0 Å². The topological polar surface area (TPSA) is 133 Å². The van der Waals surface area contributed by atoms with Crippen molar-refractivity contribution in [3.05, 3.63) is 104 Å². The number of H-pyrrole nitrogens is 1. The molecular formula is C31H34N6O4. The maximum absolute atomic E-state index is 14.0. The molecule has 0 saturated carbocycles. The third kappa shape index (κ3) is 6.11. The zero-order valence-corrected chi connectivity index (χ0v) is 23.8. The minimum absolute atomic E-state index is 0.121. The lowest BCUT2D eigenvalue weighted by Gasteiger charge is -2.16. The summed E-state index contributed by atoms with van der Waals surface area (Å²) in [6.45, 7) is 9.61. The normalized spacial score (nSPS) is 12.8. The summed E-state index contributed by atoms with van der Waals surface area (Å²) in [7, 11) is 0. The Hall–Kier alpha value is -4.60. The van der Waals surface area contributed by atoms with E-state index >= 15 is 0 Å². The Morgan fingerprint density at radius 2 is 1.71 bits per heavy atom. The summed E-state index contributed by atoms with van der Waals surface area (Å²) in [6.07, 6.45) is -0.0200. The van der Waals surface area contributed by atoms with Gasteiger partial charge < -0.3 is 4.52 Å². The van der Waals surface area contributed by atoms with Gasteiger partial charge in [-0.15, -0.1) is 0 Å². The average Bonchev–Trinajstić information content (AvgIpc) is 3.64. The van der Waals surface area contributed by atoms with Gasteiger partial charge >= 0.3 is 5.76 Å². The summed E-state index contributed by atoms with van der Waals surface area (Å²) in [5.41, 5.74) is 2.52. The number of hydrogen-bond donors (Lipinski definition) is 1. The van der Waals surface area contributed by atoms with Gasteiger partial charge in [0.25, 0.3) is 5.56 Å². The number of aromatic amines is 1. The summed E-state index contributed by atoms with van der Waals surface area (Å²) >= 11 is 0. The van der Waals surface area contributed by atoms with E-state index in [1.54, 1.807) is 11.5 Å². The Bertz CT molecular complexity index is 1860. The molecule has 0 aliphatic carbocycles. The van der Waals surface area contributed by atoms with Gasteiger partial charge in [-0.3, -0.25) is 18.9 Å². The lowest BCUT2D eigenvalue weighted by atomic mass is 9.96. The molecule has 0 spiro atoms. The molecule has 0 unspecified atom stereocenters. The molecule has 212 valence electrons. The van der Waals surface area contributed by atoms with Crippen LogP contribution in [0.15, 0.2) is 67.2 Å². The number of aryl methyl sites for hydroxylation is 2. The largest absolute Gasteiger partial charge is 0.439 e. The summed E-state index contributed by atoms with van der Waals surface area (Å²) in [4.78, 5) is 37.2. The van der Waals surface area contributed by atoms with Crippen LogP contribution in [0.5, 0.6) is 0 Å². The second-order valence-corrected chi connectivity index (χ2v) is 11.0. The fourth-order valence-electron chi connectivity index (χ4n) is 4.49. The third-order valence-corrected chi connectivity index (χ3v) is 6.74. The molecule has 10 nitrogen and oxygen atoms in total. The van der Waals surface area contributed by atoms with E-state index in [1.165, 1.54) is 0 Å². The van der Waals surface area contributed by atoms with Crippen LogP contribution in [-0.4, -0.2) is 29.8 Å². The molecule has 0 amide bonds. The maximum Gasteiger partial charge on any atom is 0.439 e. The number of hydrogen-bond acceptors (Lipinski definition) is 8. The number of nitrogens with zero attached hydrogens (tertiary/aromatic N) is 5. The summed E-state index contributed by atoms with van der Waals surface area (Å²) in [5, 5.41) is 7.79. The number of benzene rings is 2. The Labute approximate surface area is 240 Å². The summed E-state index contributed by atoms with van der Waals surface area (Å²) in [5.74, 6) is 0.375. The van der Waals surface area contributed by atoms with Crippen molar-refractivity contribution in [3.63, 3.8) is 0 Å². The van der Waals surface area contributed by atoms with Crippen LogP contribution in [0, 0.1) is 6.92 Å². The zero-order chi connectivity index (χ0) is 30.9. The molecule has 10 heteroatoms. The average molecular weight is 557 g/mol. The van der Waals surface area contributed by atoms with Crippen molar-refractivity contribution in [3.8, 4) is 22.5 Å². The van der Waals surface area contributed by atoms with E-state index in [9.17, 15) is 9.59 Å². The van der Waals surface area contributed by atoms with Crippen LogP contribution in [0.2, 0.25) is 0 Å². The fraction of sp³-hybridized carbons (Fsp3) is 0.355. The lowest BCUT2D eigenvalue weighted by molar-refractivity contribution is 0.367. The first-order valence-electron chi connectivity index (χ1n) is 14.6. The molecule has 41 heavy (non-hydrogen) atoms. The molecule has 2 aromatic carbocycles. The van der Waals surface area contributed by atoms with Crippen LogP contribution in [0.3, 0.4) is 0 Å². The summed E-state index contributed by atoms with van der Waals surface area (Å²) in [6, 6.07) is 15.2. The Morgan fingerprint density at radius 1 is 0.976 bits per heavy atom. The molecule has 0 aliphatic rings. The van der Waals surface area contributed by atoms with Gasteiger partial charge in [-0.2, -0.15) is 4.98 Å². The Balaban J connectivity index is 1.53. The maximum atomic E-state index is 14.0. The minimum Gasteiger partial charge on any atom is -0.339 e. The molecule has 0 aliphatic heterocycles. The lowest BCUT2D eigenvalue weighted by Crippen LogP contribution is -2.30. The van der Waals surface area contributed by atoms with Crippen molar-refractivity contribution in [2.75, 3.05) is 0 Å². The van der Waals surface area contributed by atoms with E-state index in [4.69, 9.17) is 16.8 Å². The van der Waals surface area contributed by atoms with Crippen molar-refractivity contribution < 1.29 is 11.8 Å². The van der Waals surface area contributed by atoms with Crippen LogP contribution in [-0.2, 0) is 24.8 Å². The molecule has 5 aromatic rings. The van der Waals surface area contributed by atoms with Gasteiger partial charge in [0.2, 0.25) is 5.89 Å². The molecule has 0 bridgehead atoms. The van der Waals surface area contributed by atoms with E-state index in [2.05, 4.69) is 27.2 Å². The number of nitrogens with one attached hydrogen (secondary N) is 1. The van der Waals surface area contributed by atoms with E-state index < -0.39 is 23.1 Å². The van der Waals surface area contributed by atoms with Crippen molar-refractivity contribution in [2.45, 2.75) is 72.2 Å². The molecule has 0 saturated heterocycles. The first-order valence-corrected chi connectivity index (χ1v) is 13.6. The van der Waals surface area contributed by atoms with Gasteiger partial charge in [0.05, 0.1) is 12.9 Å². The highest BCUT2D eigenvalue weighted by molar-refractivity contribution is 5.80. The molecule has 0 fully saturated rings. The van der Waals surface area contributed by atoms with Crippen molar-refractivity contribution in [1.82, 2.24) is 29.8 Å². The predicted octanol–water partition coefficient (Wildman–Crippen LogP) is 5.22. The summed E-state index contributed by atoms with van der Waals surface area (Å²) < 4.78 is 29.3. The Kier molecular flexibility index (Phi) is 7.11. The van der Waals surface area contributed by atoms with Gasteiger partial charge in [-0.25, -0.2) is 9.78 Å². The predicted molar refractivity (Wildman–Crippen MR) is 155 cm³/mol. The third-order valence-electron chi connectivity index (χ3n) is 6.74. The molecule has 0 atom stereocenters. The van der Waals surface area contributed by atoms with Crippen molar-refractivity contribution >= 4 is 0 Å². The zero-order valence-electron chi connectivity index (χ0n) is 25.8. The van der Waals surface area contributed by atoms with Gasteiger partial charge in [-0.05, 0) is 30.0 Å². The van der Waals surface area contributed by atoms with Gasteiger partial charge in [0.1, 0.15) is 5.82 Å². The van der Waals surface area contributed by atoms with Crippen molar-refractivity contribution in [2.24, 2.45) is 0 Å². The molecule has 1 N–H and O–H groups in total. The standard InChI is InChI=1S/C31H34N6O4/c1-6-7-12-25-32-19(2)24(17-26-33-29(36-40-26)31(3,4)5)28(38)37(25)18-20-13-15-21(16-14-20)22-10-8-9-11-23(22)27-34-30(39)41-35-27/h8-11,13-16H,6-7,12,17-18H2,1-5H3,(H,34,35,39)/i17D2. The van der Waals surface area contributed by atoms with Crippen LogP contribution in [0.4, 0.5) is 0 Å². The van der Waals surface area contributed by atoms with Gasteiger partial charge in [0.15, 0.2) is 11.6 Å². The van der Waals surface area contributed by atoms with Gasteiger partial charge in [0, 0.05) is 31.4 Å². The number of aromatic nitrogens is 6. The Morgan fingerprint density at radius 3 is 2.34 bits per heavy atom. The number of rotatable bonds is 9. The van der Waals surface area contributed by atoms with Crippen LogP contribution in [0.1, 0.15) is 77.6 Å². The van der Waals surface area contributed by atoms with E-state index in [-0.39, 0.29) is 18.0 Å². The second kappa shape index (κ2) is 11.5. The van der Waals surface area contributed by atoms with E-state index in [0.717, 1.165) is 29.5 Å². The smallest absolute Gasteiger partial charge is 0.339 e. The van der Waals surface area contributed by atoms with Crippen LogP contribution < -0.4 is 11.3 Å². The SMILES string of the molecule is [2H]C([2H])(c1nc(C(C)(C)C)no1)c1c(C)nc(CCCC)n(Cc2ccc(-c3ccccc3-c3noc(=O)[nH]3)cc2)c1=O. The second-order valence-electron chi connectivity index (χ2n) is 11.0. The molecule has 3 heterocycles. The van der Waals surface area contributed by atoms with Crippen LogP contribution in [0.25, 0.3) is 22.5 Å². The highest BCUT2D eigenvalue weighted by Crippen LogP contribution is 2.30. The van der Waals surface area contributed by atoms with Crippen LogP contribution >= 0.6 is 0 Å². The highest BCUT2D eigenvalue weighted by atomic mass is 16.5. The fourth-order valence-corrected chi connectivity index (χ4v) is 4.49.